The van der Waals surface area contributed by atoms with Crippen LogP contribution >= 0.6 is 0 Å². The number of hydrogen-bond donors (Lipinski definition) is 3. The Kier molecular flexibility index (Phi) is 3.88. The van der Waals surface area contributed by atoms with Crippen LogP contribution in [0.3, 0.4) is 0 Å². The molecule has 0 unspecified atom stereocenters. The quantitative estimate of drug-likeness (QED) is 0.581. The van der Waals surface area contributed by atoms with Gasteiger partial charge in [-0.25, -0.2) is 0 Å². The zero-order valence-corrected chi connectivity index (χ0v) is 8.85. The number of nitrogens with one attached hydrogen (secondary N) is 1. The first-order chi connectivity index (χ1) is 5.60. The van der Waals surface area contributed by atoms with E-state index < -0.39 is 11.1 Å². The maximum absolute atomic E-state index is 11.2. The summed E-state index contributed by atoms with van der Waals surface area (Å²) in [5.74, 6) is -0.130. The van der Waals surface area contributed by atoms with E-state index in [4.69, 9.17) is 5.73 Å². The lowest BCUT2D eigenvalue weighted by molar-refractivity contribution is -0.123. The summed E-state index contributed by atoms with van der Waals surface area (Å²) in [6.45, 7) is 7.11. The maximum Gasteiger partial charge on any atom is 0.221 e. The number of carbonyl (C=O) groups excluding carboxylic acids is 1. The minimum absolute atomic E-state index is 0.130. The van der Waals surface area contributed by atoms with Gasteiger partial charge in [0.1, 0.15) is 0 Å². The number of aliphatic hydroxyl groups is 1. The smallest absolute Gasteiger partial charge is 0.221 e. The second kappa shape index (κ2) is 4.07. The molecule has 78 valence electrons. The molecule has 0 aliphatic heterocycles. The second-order valence-corrected chi connectivity index (χ2v) is 4.75. The summed E-state index contributed by atoms with van der Waals surface area (Å²) in [7, 11) is 0. The van der Waals surface area contributed by atoms with Crippen molar-refractivity contribution in [2.75, 3.05) is 6.54 Å². The Labute approximate surface area is 79.5 Å². The highest BCUT2D eigenvalue weighted by Crippen LogP contribution is 2.03. The molecular weight excluding hydrogens is 168 g/mol. The number of hydrogen-bond acceptors (Lipinski definition) is 3. The van der Waals surface area contributed by atoms with Crippen LogP contribution in [0.15, 0.2) is 0 Å². The van der Waals surface area contributed by atoms with Gasteiger partial charge in [-0.2, -0.15) is 0 Å². The van der Waals surface area contributed by atoms with Crippen molar-refractivity contribution in [2.45, 2.75) is 45.3 Å². The fourth-order valence-electron chi connectivity index (χ4n) is 0.791. The monoisotopic (exact) mass is 188 g/mol. The van der Waals surface area contributed by atoms with Crippen LogP contribution in [0.5, 0.6) is 0 Å². The van der Waals surface area contributed by atoms with Gasteiger partial charge in [0.25, 0.3) is 0 Å². The summed E-state index contributed by atoms with van der Waals surface area (Å²) in [5, 5.41) is 11.9. The van der Waals surface area contributed by atoms with Crippen molar-refractivity contribution in [1.82, 2.24) is 5.32 Å². The van der Waals surface area contributed by atoms with Gasteiger partial charge in [0.2, 0.25) is 5.91 Å². The Balaban J connectivity index is 3.78. The molecule has 0 saturated heterocycles. The minimum Gasteiger partial charge on any atom is -0.389 e. The third-order valence-electron chi connectivity index (χ3n) is 1.33. The molecule has 4 heteroatoms. The van der Waals surface area contributed by atoms with Crippen molar-refractivity contribution in [1.29, 1.82) is 0 Å². The number of amides is 1. The Morgan fingerprint density at radius 2 is 1.85 bits per heavy atom. The Morgan fingerprint density at radius 3 is 2.15 bits per heavy atom. The van der Waals surface area contributed by atoms with E-state index in [2.05, 4.69) is 5.32 Å². The van der Waals surface area contributed by atoms with Crippen LogP contribution in [0.1, 0.15) is 34.1 Å². The SMILES string of the molecule is CC(C)(N)CC(=O)NCC(C)(C)O. The lowest BCUT2D eigenvalue weighted by Crippen LogP contribution is -2.43. The molecule has 0 fully saturated rings. The predicted molar refractivity (Wildman–Crippen MR) is 52.2 cm³/mol. The van der Waals surface area contributed by atoms with E-state index in [9.17, 15) is 9.90 Å². The van der Waals surface area contributed by atoms with Gasteiger partial charge in [-0.05, 0) is 27.7 Å². The molecule has 0 heterocycles. The first-order valence-electron chi connectivity index (χ1n) is 4.38. The molecule has 0 aromatic rings. The molecule has 0 aromatic carbocycles. The summed E-state index contributed by atoms with van der Waals surface area (Å²) in [6, 6.07) is 0. The number of nitrogens with two attached hydrogens (primary N) is 1. The van der Waals surface area contributed by atoms with Gasteiger partial charge in [-0.1, -0.05) is 0 Å². The summed E-state index contributed by atoms with van der Waals surface area (Å²) in [6.07, 6.45) is 0.267. The van der Waals surface area contributed by atoms with Crippen molar-refractivity contribution in [2.24, 2.45) is 5.73 Å². The van der Waals surface area contributed by atoms with Gasteiger partial charge in [0.15, 0.2) is 0 Å². The molecular formula is C9H20N2O2. The highest BCUT2D eigenvalue weighted by atomic mass is 16.3. The van der Waals surface area contributed by atoms with Crippen molar-refractivity contribution >= 4 is 5.91 Å². The lowest BCUT2D eigenvalue weighted by Gasteiger charge is -2.21. The van der Waals surface area contributed by atoms with Crippen LogP contribution in [0.2, 0.25) is 0 Å². The predicted octanol–water partition coefficient (Wildman–Crippen LogP) is 0.000900. The number of carbonyl (C=O) groups is 1. The third-order valence-corrected chi connectivity index (χ3v) is 1.33. The first-order valence-corrected chi connectivity index (χ1v) is 4.38. The highest BCUT2D eigenvalue weighted by molar-refractivity contribution is 5.77. The molecule has 4 nitrogen and oxygen atoms in total. The molecule has 0 aliphatic carbocycles. The Bertz CT molecular complexity index is 177. The second-order valence-electron chi connectivity index (χ2n) is 4.75. The van der Waals surface area contributed by atoms with Crippen LogP contribution in [0.4, 0.5) is 0 Å². The largest absolute Gasteiger partial charge is 0.389 e. The number of rotatable bonds is 4. The third kappa shape index (κ3) is 9.30. The van der Waals surface area contributed by atoms with E-state index in [0.717, 1.165) is 0 Å². The normalized spacial score (nSPS) is 12.8. The zero-order chi connectivity index (χ0) is 10.7. The average Bonchev–Trinajstić information content (AvgIpc) is 1.78. The molecule has 0 bridgehead atoms. The van der Waals surface area contributed by atoms with Crippen LogP contribution in [-0.4, -0.2) is 28.7 Å². The van der Waals surface area contributed by atoms with Gasteiger partial charge in [-0.15, -0.1) is 0 Å². The van der Waals surface area contributed by atoms with E-state index in [1.807, 2.05) is 0 Å². The summed E-state index contributed by atoms with van der Waals surface area (Å²) in [5.41, 5.74) is 4.29. The van der Waals surface area contributed by atoms with Gasteiger partial charge in [0.05, 0.1) is 5.60 Å². The van der Waals surface area contributed by atoms with Gasteiger partial charge in [0, 0.05) is 18.5 Å². The fraction of sp³-hybridized carbons (Fsp3) is 0.889. The molecule has 0 aliphatic rings. The molecule has 0 rings (SSSR count). The van der Waals surface area contributed by atoms with E-state index in [0.29, 0.717) is 0 Å². The molecule has 0 saturated carbocycles. The topological polar surface area (TPSA) is 75.4 Å². The van der Waals surface area contributed by atoms with Crippen molar-refractivity contribution in [3.63, 3.8) is 0 Å². The molecule has 1 amide bonds. The first kappa shape index (κ1) is 12.4. The van der Waals surface area contributed by atoms with Crippen LogP contribution in [0, 0.1) is 0 Å². The van der Waals surface area contributed by atoms with Crippen molar-refractivity contribution < 1.29 is 9.90 Å². The van der Waals surface area contributed by atoms with Crippen LogP contribution in [0.25, 0.3) is 0 Å². The minimum atomic E-state index is -0.867. The zero-order valence-electron chi connectivity index (χ0n) is 8.85. The van der Waals surface area contributed by atoms with E-state index in [1.54, 1.807) is 27.7 Å². The summed E-state index contributed by atoms with van der Waals surface area (Å²) >= 11 is 0. The average molecular weight is 188 g/mol. The van der Waals surface area contributed by atoms with E-state index in [1.165, 1.54) is 0 Å². The lowest BCUT2D eigenvalue weighted by atomic mass is 10.0. The standard InChI is InChI=1S/C9H20N2O2/c1-8(2,10)5-7(12)11-6-9(3,4)13/h13H,5-6,10H2,1-4H3,(H,11,12). The summed E-state index contributed by atoms with van der Waals surface area (Å²) in [4.78, 5) is 11.2. The Hall–Kier alpha value is -0.610. The van der Waals surface area contributed by atoms with Gasteiger partial charge in [-0.3, -0.25) is 4.79 Å². The molecule has 0 spiro atoms. The van der Waals surface area contributed by atoms with E-state index in [-0.39, 0.29) is 18.9 Å². The van der Waals surface area contributed by atoms with Gasteiger partial charge >= 0.3 is 0 Å². The molecule has 0 radical (unpaired) electrons. The highest BCUT2D eigenvalue weighted by Gasteiger charge is 2.18. The van der Waals surface area contributed by atoms with Crippen LogP contribution in [-0.2, 0) is 4.79 Å². The van der Waals surface area contributed by atoms with Crippen molar-refractivity contribution in [3.05, 3.63) is 0 Å². The molecule has 0 atom stereocenters. The van der Waals surface area contributed by atoms with E-state index >= 15 is 0 Å². The van der Waals surface area contributed by atoms with Crippen LogP contribution < -0.4 is 11.1 Å². The summed E-state index contributed by atoms with van der Waals surface area (Å²) < 4.78 is 0. The fourth-order valence-corrected chi connectivity index (χ4v) is 0.791. The van der Waals surface area contributed by atoms with Crippen molar-refractivity contribution in [3.8, 4) is 0 Å². The molecule has 0 aromatic heterocycles. The van der Waals surface area contributed by atoms with Gasteiger partial charge < -0.3 is 16.2 Å². The maximum atomic E-state index is 11.2. The molecule has 4 N–H and O–H groups in total. The Morgan fingerprint density at radius 1 is 1.38 bits per heavy atom. The molecule has 13 heavy (non-hydrogen) atoms.